The maximum absolute atomic E-state index is 12.5. The Morgan fingerprint density at radius 1 is 1.16 bits per heavy atom. The molecule has 0 fully saturated rings. The van der Waals surface area contributed by atoms with E-state index in [0.29, 0.717) is 5.56 Å². The Morgan fingerprint density at radius 2 is 1.92 bits per heavy atom. The molecule has 0 saturated heterocycles. The Kier molecular flexibility index (Phi) is 4.84. The molecule has 1 atom stereocenters. The predicted molar refractivity (Wildman–Crippen MR) is 97.6 cm³/mol. The standard InChI is InChI=1S/C20H21N3O2/c1-13-12-21-19(22-13)14(2)23-20(24)17-6-4-5-16(11-17)15-7-9-18(25-3)10-8-15/h4-12,14H,1-3H3,(H,21,22)(H,23,24)/t14-/m0/s1. The van der Waals surface area contributed by atoms with Crippen molar-refractivity contribution in [2.24, 2.45) is 0 Å². The first-order valence-corrected chi connectivity index (χ1v) is 8.13. The highest BCUT2D eigenvalue weighted by atomic mass is 16.5. The molecule has 0 bridgehead atoms. The minimum absolute atomic E-state index is 0.128. The van der Waals surface area contributed by atoms with Crippen LogP contribution in [0.1, 0.15) is 34.8 Å². The highest BCUT2D eigenvalue weighted by Gasteiger charge is 2.14. The smallest absolute Gasteiger partial charge is 0.251 e. The number of carbonyl (C=O) groups is 1. The summed E-state index contributed by atoms with van der Waals surface area (Å²) in [6, 6.07) is 15.1. The van der Waals surface area contributed by atoms with Gasteiger partial charge in [0.05, 0.1) is 13.2 Å². The summed E-state index contributed by atoms with van der Waals surface area (Å²) in [4.78, 5) is 20.0. The van der Waals surface area contributed by atoms with Crippen molar-refractivity contribution in [2.45, 2.75) is 19.9 Å². The molecule has 5 heteroatoms. The van der Waals surface area contributed by atoms with E-state index in [4.69, 9.17) is 4.74 Å². The van der Waals surface area contributed by atoms with Crippen LogP contribution in [0.3, 0.4) is 0 Å². The van der Waals surface area contributed by atoms with Gasteiger partial charge in [0.2, 0.25) is 0 Å². The lowest BCUT2D eigenvalue weighted by Crippen LogP contribution is -2.27. The second kappa shape index (κ2) is 7.21. The molecule has 0 unspecified atom stereocenters. The second-order valence-corrected chi connectivity index (χ2v) is 5.96. The number of aromatic amines is 1. The van der Waals surface area contributed by atoms with Gasteiger partial charge < -0.3 is 15.0 Å². The third-order valence-electron chi connectivity index (χ3n) is 4.03. The van der Waals surface area contributed by atoms with Crippen molar-refractivity contribution in [1.29, 1.82) is 0 Å². The molecule has 0 saturated carbocycles. The number of H-pyrrole nitrogens is 1. The van der Waals surface area contributed by atoms with Crippen LogP contribution in [0.5, 0.6) is 5.75 Å². The molecule has 3 aromatic rings. The maximum Gasteiger partial charge on any atom is 0.251 e. The fraction of sp³-hybridized carbons (Fsp3) is 0.200. The summed E-state index contributed by atoms with van der Waals surface area (Å²) in [5.41, 5.74) is 3.60. The molecule has 0 spiro atoms. The van der Waals surface area contributed by atoms with E-state index in [-0.39, 0.29) is 11.9 Å². The van der Waals surface area contributed by atoms with Crippen LogP contribution in [0.2, 0.25) is 0 Å². The topological polar surface area (TPSA) is 67.0 Å². The number of methoxy groups -OCH3 is 1. The lowest BCUT2D eigenvalue weighted by molar-refractivity contribution is 0.0938. The molecular weight excluding hydrogens is 314 g/mol. The van der Waals surface area contributed by atoms with E-state index >= 15 is 0 Å². The van der Waals surface area contributed by atoms with Crippen LogP contribution >= 0.6 is 0 Å². The van der Waals surface area contributed by atoms with E-state index in [9.17, 15) is 4.79 Å². The van der Waals surface area contributed by atoms with Crippen molar-refractivity contribution in [1.82, 2.24) is 15.3 Å². The summed E-state index contributed by atoms with van der Waals surface area (Å²) < 4.78 is 5.18. The van der Waals surface area contributed by atoms with Crippen LogP contribution in [-0.2, 0) is 0 Å². The van der Waals surface area contributed by atoms with Gasteiger partial charge in [-0.2, -0.15) is 0 Å². The summed E-state index contributed by atoms with van der Waals surface area (Å²) in [7, 11) is 1.64. The highest BCUT2D eigenvalue weighted by molar-refractivity contribution is 5.95. The lowest BCUT2D eigenvalue weighted by Gasteiger charge is -2.12. The number of amides is 1. The zero-order valence-corrected chi connectivity index (χ0v) is 14.5. The fourth-order valence-corrected chi connectivity index (χ4v) is 2.62. The first-order chi connectivity index (χ1) is 12.1. The molecule has 1 amide bonds. The number of ether oxygens (including phenoxy) is 1. The monoisotopic (exact) mass is 335 g/mol. The number of aryl methyl sites for hydroxylation is 1. The number of imidazole rings is 1. The molecule has 0 radical (unpaired) electrons. The minimum Gasteiger partial charge on any atom is -0.497 e. The van der Waals surface area contributed by atoms with Gasteiger partial charge >= 0.3 is 0 Å². The number of carbonyl (C=O) groups excluding carboxylic acids is 1. The lowest BCUT2D eigenvalue weighted by atomic mass is 10.0. The number of benzene rings is 2. The third-order valence-corrected chi connectivity index (χ3v) is 4.03. The molecule has 0 aliphatic heterocycles. The van der Waals surface area contributed by atoms with Crippen molar-refractivity contribution in [3.05, 3.63) is 71.8 Å². The largest absolute Gasteiger partial charge is 0.497 e. The third kappa shape index (κ3) is 3.88. The second-order valence-electron chi connectivity index (χ2n) is 5.96. The van der Waals surface area contributed by atoms with E-state index < -0.39 is 0 Å². The Balaban J connectivity index is 1.77. The molecule has 2 N–H and O–H groups in total. The van der Waals surface area contributed by atoms with Gasteiger partial charge in [0.25, 0.3) is 5.91 Å². The van der Waals surface area contributed by atoms with Gasteiger partial charge in [-0.1, -0.05) is 24.3 Å². The van der Waals surface area contributed by atoms with Crippen molar-refractivity contribution in [3.8, 4) is 16.9 Å². The molecule has 5 nitrogen and oxygen atoms in total. The zero-order chi connectivity index (χ0) is 17.8. The fourth-order valence-electron chi connectivity index (χ4n) is 2.62. The summed E-state index contributed by atoms with van der Waals surface area (Å²) in [6.45, 7) is 3.84. The quantitative estimate of drug-likeness (QED) is 0.743. The summed E-state index contributed by atoms with van der Waals surface area (Å²) in [5.74, 6) is 1.43. The zero-order valence-electron chi connectivity index (χ0n) is 14.5. The number of nitrogens with one attached hydrogen (secondary N) is 2. The van der Waals surface area contributed by atoms with Crippen molar-refractivity contribution in [3.63, 3.8) is 0 Å². The van der Waals surface area contributed by atoms with Gasteiger partial charge in [0, 0.05) is 17.5 Å². The Bertz CT molecular complexity index is 869. The van der Waals surface area contributed by atoms with Crippen molar-refractivity contribution < 1.29 is 9.53 Å². The van der Waals surface area contributed by atoms with Gasteiger partial charge in [-0.3, -0.25) is 4.79 Å². The molecule has 1 aromatic heterocycles. The van der Waals surface area contributed by atoms with Crippen molar-refractivity contribution in [2.75, 3.05) is 7.11 Å². The van der Waals surface area contributed by atoms with E-state index in [2.05, 4.69) is 15.3 Å². The molecule has 25 heavy (non-hydrogen) atoms. The molecule has 128 valence electrons. The molecule has 0 aliphatic carbocycles. The van der Waals surface area contributed by atoms with Crippen LogP contribution < -0.4 is 10.1 Å². The Labute approximate surface area is 147 Å². The molecular formula is C20H21N3O2. The van der Waals surface area contributed by atoms with Gasteiger partial charge in [-0.05, 0) is 49.2 Å². The SMILES string of the molecule is COc1ccc(-c2cccc(C(=O)N[C@@H](C)c3ncc(C)[nH]3)c2)cc1. The van der Waals surface area contributed by atoms with E-state index in [0.717, 1.165) is 28.4 Å². The summed E-state index contributed by atoms with van der Waals surface area (Å²) in [5, 5.41) is 2.97. The Morgan fingerprint density at radius 3 is 2.56 bits per heavy atom. The van der Waals surface area contributed by atoms with Crippen LogP contribution in [0.15, 0.2) is 54.7 Å². The van der Waals surface area contributed by atoms with Crippen molar-refractivity contribution >= 4 is 5.91 Å². The molecule has 1 heterocycles. The van der Waals surface area contributed by atoms with Gasteiger partial charge in [-0.25, -0.2) is 4.98 Å². The average Bonchev–Trinajstić information content (AvgIpc) is 3.08. The summed E-state index contributed by atoms with van der Waals surface area (Å²) in [6.07, 6.45) is 1.75. The summed E-state index contributed by atoms with van der Waals surface area (Å²) >= 11 is 0. The van der Waals surface area contributed by atoms with E-state index in [1.807, 2.05) is 62.4 Å². The van der Waals surface area contributed by atoms with Gasteiger partial charge in [-0.15, -0.1) is 0 Å². The van der Waals surface area contributed by atoms with Crippen LogP contribution in [-0.4, -0.2) is 23.0 Å². The minimum atomic E-state index is -0.189. The first-order valence-electron chi connectivity index (χ1n) is 8.13. The van der Waals surface area contributed by atoms with Crippen LogP contribution in [0.25, 0.3) is 11.1 Å². The van der Waals surface area contributed by atoms with Gasteiger partial charge in [0.1, 0.15) is 11.6 Å². The number of nitrogens with zero attached hydrogens (tertiary/aromatic N) is 1. The van der Waals surface area contributed by atoms with Gasteiger partial charge in [0.15, 0.2) is 0 Å². The maximum atomic E-state index is 12.5. The van der Waals surface area contributed by atoms with Crippen LogP contribution in [0, 0.1) is 6.92 Å². The van der Waals surface area contributed by atoms with Crippen LogP contribution in [0.4, 0.5) is 0 Å². The number of rotatable bonds is 5. The predicted octanol–water partition coefficient (Wildman–Crippen LogP) is 3.88. The average molecular weight is 335 g/mol. The number of hydrogen-bond donors (Lipinski definition) is 2. The highest BCUT2D eigenvalue weighted by Crippen LogP contribution is 2.23. The molecule has 0 aliphatic rings. The normalized spacial score (nSPS) is 11.8. The number of aromatic nitrogens is 2. The van der Waals surface area contributed by atoms with E-state index in [1.54, 1.807) is 13.3 Å². The van der Waals surface area contributed by atoms with E-state index in [1.165, 1.54) is 0 Å². The Hall–Kier alpha value is -3.08. The molecule has 2 aromatic carbocycles. The molecule has 3 rings (SSSR count). The number of hydrogen-bond acceptors (Lipinski definition) is 3. The first kappa shape index (κ1) is 16.8.